The van der Waals surface area contributed by atoms with E-state index in [2.05, 4.69) is 104 Å². The van der Waals surface area contributed by atoms with E-state index >= 15 is 0 Å². The maximum Gasteiger partial charge on any atom is -0.0771 e. The SMILES string of the molecule is Cl.Cl.[CH3-].[CH3-].[Si]=[Zr].c1ccc2[cH-]ccc2c1.c1ccc2c(c1)[cH-]c1ccccc12. The van der Waals surface area contributed by atoms with Crippen LogP contribution in [-0.4, -0.2) is 6.88 Å². The van der Waals surface area contributed by atoms with Crippen LogP contribution in [0.1, 0.15) is 0 Å². The Morgan fingerprint density at radius 1 is 0.571 bits per heavy atom. The second-order valence-corrected chi connectivity index (χ2v) is 5.47. The molecule has 0 saturated heterocycles. The molecule has 0 amide bonds. The third kappa shape index (κ3) is 6.71. The summed E-state index contributed by atoms with van der Waals surface area (Å²) in [6.45, 7) is 3.06. The molecule has 5 aromatic carbocycles. The molecule has 28 heavy (non-hydrogen) atoms. The van der Waals surface area contributed by atoms with Gasteiger partial charge in [0.1, 0.15) is 0 Å². The van der Waals surface area contributed by atoms with Crippen molar-refractivity contribution in [1.29, 1.82) is 0 Å². The van der Waals surface area contributed by atoms with E-state index < -0.39 is 0 Å². The molecule has 0 aliphatic heterocycles. The summed E-state index contributed by atoms with van der Waals surface area (Å²) in [6.07, 6.45) is 0. The Labute approximate surface area is 198 Å². The summed E-state index contributed by atoms with van der Waals surface area (Å²) in [4.78, 5) is 0. The van der Waals surface area contributed by atoms with Gasteiger partial charge in [0.25, 0.3) is 0 Å². The predicted octanol–water partition coefficient (Wildman–Crippen LogP) is 7.63. The van der Waals surface area contributed by atoms with Crippen LogP contribution in [0, 0.1) is 14.9 Å². The molecule has 5 aromatic rings. The first kappa shape index (κ1) is 29.0. The quantitative estimate of drug-likeness (QED) is 0.151. The molecule has 0 N–H and O–H groups in total. The van der Waals surface area contributed by atoms with Crippen LogP contribution in [0.15, 0.2) is 97.1 Å². The Kier molecular flexibility index (Phi) is 15.3. The predicted molar refractivity (Wildman–Crippen MR) is 130 cm³/mol. The van der Waals surface area contributed by atoms with E-state index in [4.69, 9.17) is 0 Å². The first-order valence-corrected chi connectivity index (χ1v) is 12.0. The zero-order valence-corrected chi connectivity index (χ0v) is 21.1. The number of rotatable bonds is 0. The Morgan fingerprint density at radius 2 is 1.00 bits per heavy atom. The van der Waals surface area contributed by atoms with Gasteiger partial charge >= 0.3 is 30.2 Å². The largest absolute Gasteiger partial charge is 0.168 e. The van der Waals surface area contributed by atoms with Crippen LogP contribution >= 0.6 is 24.8 Å². The first-order valence-electron chi connectivity index (χ1n) is 7.80. The second-order valence-electron chi connectivity index (χ2n) is 5.47. The van der Waals surface area contributed by atoms with Gasteiger partial charge in [-0.2, -0.15) is 17.5 Å². The van der Waals surface area contributed by atoms with Crippen molar-refractivity contribution in [2.75, 3.05) is 0 Å². The standard InChI is InChI=1S/C13H9.C9H7.2CH3.2ClH.Si.Zr/c1-3-7-12-10(5-1)9-11-6-2-4-8-13(11)12;1-2-5-9-7-3-6-8(9)4-1;;;;;;/h1-9H;1-7H;2*1H3;2*1H;;/q4*-1;;;;. The molecule has 0 spiro atoms. The Balaban J connectivity index is 0. The fourth-order valence-corrected chi connectivity index (χ4v) is 2.97. The topological polar surface area (TPSA) is 0 Å². The molecular formula is C24H24Cl2SiZr-4. The molecule has 0 nitrogen and oxygen atoms in total. The third-order valence-electron chi connectivity index (χ3n) is 4.07. The van der Waals surface area contributed by atoms with Crippen molar-refractivity contribution in [3.63, 3.8) is 0 Å². The van der Waals surface area contributed by atoms with E-state index in [1.165, 1.54) is 55.7 Å². The summed E-state index contributed by atoms with van der Waals surface area (Å²) in [7, 11) is 0. The van der Waals surface area contributed by atoms with Crippen molar-refractivity contribution in [2.45, 2.75) is 0 Å². The van der Waals surface area contributed by atoms with Crippen molar-refractivity contribution < 1.29 is 23.3 Å². The summed E-state index contributed by atoms with van der Waals surface area (Å²) in [5.41, 5.74) is 0. The monoisotopic (exact) mass is 500 g/mol. The van der Waals surface area contributed by atoms with Crippen LogP contribution < -0.4 is 0 Å². The van der Waals surface area contributed by atoms with Crippen molar-refractivity contribution in [1.82, 2.24) is 0 Å². The molecule has 4 heteroatoms. The summed E-state index contributed by atoms with van der Waals surface area (Å²) < 4.78 is 0. The summed E-state index contributed by atoms with van der Waals surface area (Å²) >= 11 is 1.36. The molecule has 5 rings (SSSR count). The van der Waals surface area contributed by atoms with Gasteiger partial charge in [-0.1, -0.05) is 42.5 Å². The van der Waals surface area contributed by atoms with Gasteiger partial charge in [0.2, 0.25) is 0 Å². The normalized spacial score (nSPS) is 8.54. The van der Waals surface area contributed by atoms with Gasteiger partial charge < -0.3 is 14.9 Å². The van der Waals surface area contributed by atoms with E-state index in [0.717, 1.165) is 0 Å². The van der Waals surface area contributed by atoms with E-state index in [-0.39, 0.29) is 39.7 Å². The van der Waals surface area contributed by atoms with E-state index in [0.29, 0.717) is 0 Å². The maximum atomic E-state index is 3.06. The zero-order chi connectivity index (χ0) is 16.8. The molecule has 0 saturated carbocycles. The number of benzene rings is 3. The Morgan fingerprint density at radius 3 is 1.50 bits per heavy atom. The van der Waals surface area contributed by atoms with Gasteiger partial charge in [-0.25, -0.2) is 0 Å². The summed E-state index contributed by atoms with van der Waals surface area (Å²) in [5.74, 6) is 0. The van der Waals surface area contributed by atoms with E-state index in [9.17, 15) is 0 Å². The van der Waals surface area contributed by atoms with Crippen LogP contribution in [0.5, 0.6) is 0 Å². The molecule has 0 aliphatic carbocycles. The number of fused-ring (bicyclic) bond motifs is 4. The van der Waals surface area contributed by atoms with Crippen LogP contribution in [0.25, 0.3) is 32.3 Å². The Bertz CT molecular complexity index is 985. The summed E-state index contributed by atoms with van der Waals surface area (Å²) in [6, 6.07) is 33.9. The van der Waals surface area contributed by atoms with Gasteiger partial charge in [0, 0.05) is 0 Å². The fraction of sp³-hybridized carbons (Fsp3) is 0. The first-order chi connectivity index (χ1) is 11.9. The zero-order valence-electron chi connectivity index (χ0n) is 16.1. The van der Waals surface area contributed by atoms with E-state index in [1.54, 1.807) is 0 Å². The Hall–Kier alpha value is -1.18. The summed E-state index contributed by atoms with van der Waals surface area (Å²) in [5, 5.41) is 8.05. The minimum Gasteiger partial charge on any atom is -0.168 e. The molecule has 146 valence electrons. The minimum atomic E-state index is 0. The van der Waals surface area contributed by atoms with Crippen molar-refractivity contribution in [3.8, 4) is 0 Å². The number of halogens is 2. The molecular weight excluding hydrogens is 478 g/mol. The smallest absolute Gasteiger partial charge is 0.0771 e. The maximum absolute atomic E-state index is 3.06. The molecule has 0 aliphatic rings. The number of hydrogen-bond donors (Lipinski definition) is 0. The van der Waals surface area contributed by atoms with Crippen LogP contribution in [0.4, 0.5) is 0 Å². The van der Waals surface area contributed by atoms with Crippen LogP contribution in [-0.2, 0) is 23.3 Å². The van der Waals surface area contributed by atoms with Gasteiger partial charge in [0.15, 0.2) is 0 Å². The van der Waals surface area contributed by atoms with Gasteiger partial charge in [-0.15, -0.1) is 94.2 Å². The molecule has 0 fully saturated rings. The van der Waals surface area contributed by atoms with Gasteiger partial charge in [0.05, 0.1) is 0 Å². The molecule has 0 aromatic heterocycles. The molecule has 0 atom stereocenters. The molecule has 0 heterocycles. The van der Waals surface area contributed by atoms with Crippen LogP contribution in [0.3, 0.4) is 0 Å². The minimum absolute atomic E-state index is 0. The average molecular weight is 503 g/mol. The molecule has 0 bridgehead atoms. The average Bonchev–Trinajstić information content (AvgIpc) is 3.28. The second kappa shape index (κ2) is 14.8. The third-order valence-corrected chi connectivity index (χ3v) is 4.07. The number of hydrogen-bond acceptors (Lipinski definition) is 0. The van der Waals surface area contributed by atoms with Crippen molar-refractivity contribution in [3.05, 3.63) is 112 Å². The van der Waals surface area contributed by atoms with Crippen molar-refractivity contribution in [2.24, 2.45) is 0 Å². The fourth-order valence-electron chi connectivity index (χ4n) is 2.97. The van der Waals surface area contributed by atoms with Crippen molar-refractivity contribution >= 4 is 64.0 Å². The molecule has 2 radical (unpaired) electrons. The van der Waals surface area contributed by atoms with Gasteiger partial charge in [-0.3, -0.25) is 0 Å². The van der Waals surface area contributed by atoms with Gasteiger partial charge in [-0.05, 0) is 0 Å². The van der Waals surface area contributed by atoms with E-state index in [1.807, 2.05) is 0 Å². The molecule has 0 unspecified atom stereocenters. The van der Waals surface area contributed by atoms with Crippen LogP contribution in [0.2, 0.25) is 0 Å².